The SMILES string of the molecule is ClCc1cccc(NCc2cccc3ccccc23)c1. The molecule has 0 aliphatic carbocycles. The Kier molecular flexibility index (Phi) is 3.89. The highest BCUT2D eigenvalue weighted by Crippen LogP contribution is 2.20. The topological polar surface area (TPSA) is 12.0 Å². The van der Waals surface area contributed by atoms with E-state index in [1.54, 1.807) is 0 Å². The summed E-state index contributed by atoms with van der Waals surface area (Å²) in [4.78, 5) is 0. The lowest BCUT2D eigenvalue weighted by Gasteiger charge is -2.10. The van der Waals surface area contributed by atoms with Crippen molar-refractivity contribution in [3.8, 4) is 0 Å². The second kappa shape index (κ2) is 5.98. The van der Waals surface area contributed by atoms with Gasteiger partial charge >= 0.3 is 0 Å². The standard InChI is InChI=1S/C18H16ClN/c19-12-14-5-3-9-17(11-14)20-13-16-8-4-7-15-6-1-2-10-18(15)16/h1-11,20H,12-13H2. The van der Waals surface area contributed by atoms with Crippen molar-refractivity contribution in [3.63, 3.8) is 0 Å². The monoisotopic (exact) mass is 281 g/mol. The molecule has 0 aliphatic rings. The number of hydrogen-bond acceptors (Lipinski definition) is 1. The van der Waals surface area contributed by atoms with Crippen molar-refractivity contribution < 1.29 is 0 Å². The van der Waals surface area contributed by atoms with Crippen LogP contribution in [0.5, 0.6) is 0 Å². The van der Waals surface area contributed by atoms with Crippen molar-refractivity contribution >= 4 is 28.1 Å². The first-order valence-electron chi connectivity index (χ1n) is 6.72. The average molecular weight is 282 g/mol. The number of fused-ring (bicyclic) bond motifs is 1. The average Bonchev–Trinajstić information content (AvgIpc) is 2.53. The lowest BCUT2D eigenvalue weighted by atomic mass is 10.0. The van der Waals surface area contributed by atoms with E-state index in [4.69, 9.17) is 11.6 Å². The molecule has 3 rings (SSSR count). The second-order valence-corrected chi connectivity index (χ2v) is 5.09. The number of alkyl halides is 1. The minimum absolute atomic E-state index is 0.545. The van der Waals surface area contributed by atoms with Crippen LogP contribution in [-0.2, 0) is 12.4 Å². The maximum Gasteiger partial charge on any atom is 0.0474 e. The summed E-state index contributed by atoms with van der Waals surface area (Å²) in [5, 5.41) is 6.05. The van der Waals surface area contributed by atoms with E-state index in [0.29, 0.717) is 5.88 Å². The maximum absolute atomic E-state index is 5.87. The Morgan fingerprint density at radius 2 is 1.65 bits per heavy atom. The van der Waals surface area contributed by atoms with Crippen molar-refractivity contribution in [2.24, 2.45) is 0 Å². The fourth-order valence-corrected chi connectivity index (χ4v) is 2.57. The van der Waals surface area contributed by atoms with E-state index in [9.17, 15) is 0 Å². The van der Waals surface area contributed by atoms with Gasteiger partial charge in [-0.05, 0) is 34.0 Å². The molecule has 0 saturated heterocycles. The van der Waals surface area contributed by atoms with Crippen LogP contribution in [0.1, 0.15) is 11.1 Å². The molecular formula is C18H16ClN. The van der Waals surface area contributed by atoms with Crippen molar-refractivity contribution in [2.45, 2.75) is 12.4 Å². The molecule has 1 nitrogen and oxygen atoms in total. The highest BCUT2D eigenvalue weighted by Gasteiger charge is 2.00. The molecule has 0 saturated carbocycles. The van der Waals surface area contributed by atoms with Gasteiger partial charge in [0.05, 0.1) is 0 Å². The van der Waals surface area contributed by atoms with Gasteiger partial charge in [-0.15, -0.1) is 11.6 Å². The van der Waals surface area contributed by atoms with E-state index in [2.05, 4.69) is 59.9 Å². The number of hydrogen-bond donors (Lipinski definition) is 1. The summed E-state index contributed by atoms with van der Waals surface area (Å²) in [6, 6.07) is 23.1. The number of rotatable bonds is 4. The van der Waals surface area contributed by atoms with Gasteiger partial charge in [-0.1, -0.05) is 54.6 Å². The number of benzene rings is 3. The van der Waals surface area contributed by atoms with E-state index >= 15 is 0 Å². The summed E-state index contributed by atoms with van der Waals surface area (Å²) in [6.07, 6.45) is 0. The molecule has 0 unspecified atom stereocenters. The van der Waals surface area contributed by atoms with Gasteiger partial charge in [0.1, 0.15) is 0 Å². The quantitative estimate of drug-likeness (QED) is 0.649. The summed E-state index contributed by atoms with van der Waals surface area (Å²) < 4.78 is 0. The molecule has 3 aromatic carbocycles. The Bertz CT molecular complexity index is 716. The minimum Gasteiger partial charge on any atom is -0.381 e. The molecule has 0 amide bonds. The highest BCUT2D eigenvalue weighted by atomic mass is 35.5. The molecule has 3 aromatic rings. The smallest absolute Gasteiger partial charge is 0.0474 e. The maximum atomic E-state index is 5.87. The lowest BCUT2D eigenvalue weighted by molar-refractivity contribution is 1.16. The van der Waals surface area contributed by atoms with Crippen molar-refractivity contribution in [1.82, 2.24) is 0 Å². The highest BCUT2D eigenvalue weighted by molar-refractivity contribution is 6.17. The fourth-order valence-electron chi connectivity index (χ4n) is 2.41. The van der Waals surface area contributed by atoms with Gasteiger partial charge in [0.25, 0.3) is 0 Å². The first-order chi connectivity index (χ1) is 9.86. The molecule has 0 heterocycles. The van der Waals surface area contributed by atoms with Gasteiger partial charge in [0, 0.05) is 18.1 Å². The molecule has 1 N–H and O–H groups in total. The van der Waals surface area contributed by atoms with Crippen LogP contribution in [0.4, 0.5) is 5.69 Å². The molecule has 20 heavy (non-hydrogen) atoms. The largest absolute Gasteiger partial charge is 0.381 e. The normalized spacial score (nSPS) is 10.7. The predicted molar refractivity (Wildman–Crippen MR) is 87.3 cm³/mol. The van der Waals surface area contributed by atoms with Crippen LogP contribution in [-0.4, -0.2) is 0 Å². The van der Waals surface area contributed by atoms with Gasteiger partial charge in [-0.25, -0.2) is 0 Å². The van der Waals surface area contributed by atoms with Gasteiger partial charge in [0.15, 0.2) is 0 Å². The van der Waals surface area contributed by atoms with Crippen LogP contribution in [0.25, 0.3) is 10.8 Å². The van der Waals surface area contributed by atoms with Crippen molar-refractivity contribution in [2.75, 3.05) is 5.32 Å². The third-order valence-corrected chi connectivity index (χ3v) is 3.75. The van der Waals surface area contributed by atoms with E-state index in [1.165, 1.54) is 16.3 Å². The van der Waals surface area contributed by atoms with Crippen LogP contribution < -0.4 is 5.32 Å². The van der Waals surface area contributed by atoms with Gasteiger partial charge in [0.2, 0.25) is 0 Å². The number of anilines is 1. The van der Waals surface area contributed by atoms with Crippen LogP contribution in [0.15, 0.2) is 66.7 Å². The van der Waals surface area contributed by atoms with E-state index < -0.39 is 0 Å². The van der Waals surface area contributed by atoms with Crippen LogP contribution in [0.3, 0.4) is 0 Å². The summed E-state index contributed by atoms with van der Waals surface area (Å²) in [5.74, 6) is 0.545. The van der Waals surface area contributed by atoms with E-state index in [-0.39, 0.29) is 0 Å². The number of halogens is 1. The molecule has 0 fully saturated rings. The van der Waals surface area contributed by atoms with E-state index in [1.807, 2.05) is 12.1 Å². The molecular weight excluding hydrogens is 266 g/mol. The Morgan fingerprint density at radius 1 is 0.850 bits per heavy atom. The zero-order chi connectivity index (χ0) is 13.8. The minimum atomic E-state index is 0.545. The molecule has 100 valence electrons. The molecule has 0 aliphatic heterocycles. The Balaban J connectivity index is 1.83. The van der Waals surface area contributed by atoms with Crippen LogP contribution >= 0.6 is 11.6 Å². The summed E-state index contributed by atoms with van der Waals surface area (Å²) >= 11 is 5.87. The zero-order valence-electron chi connectivity index (χ0n) is 11.1. The van der Waals surface area contributed by atoms with Gasteiger partial charge < -0.3 is 5.32 Å². The summed E-state index contributed by atoms with van der Waals surface area (Å²) in [6.45, 7) is 0.813. The van der Waals surface area contributed by atoms with Crippen molar-refractivity contribution in [1.29, 1.82) is 0 Å². The van der Waals surface area contributed by atoms with Gasteiger partial charge in [-0.2, -0.15) is 0 Å². The first-order valence-corrected chi connectivity index (χ1v) is 7.26. The number of nitrogens with one attached hydrogen (secondary N) is 1. The molecule has 0 radical (unpaired) electrons. The summed E-state index contributed by atoms with van der Waals surface area (Å²) in [7, 11) is 0. The molecule has 0 atom stereocenters. The lowest BCUT2D eigenvalue weighted by Crippen LogP contribution is -2.00. The summed E-state index contributed by atoms with van der Waals surface area (Å²) in [5.41, 5.74) is 3.55. The van der Waals surface area contributed by atoms with Crippen LogP contribution in [0.2, 0.25) is 0 Å². The Morgan fingerprint density at radius 3 is 2.55 bits per heavy atom. The fraction of sp³-hybridized carbons (Fsp3) is 0.111. The second-order valence-electron chi connectivity index (χ2n) is 4.83. The van der Waals surface area contributed by atoms with Crippen molar-refractivity contribution in [3.05, 3.63) is 77.9 Å². The molecule has 0 spiro atoms. The Hall–Kier alpha value is -1.99. The zero-order valence-corrected chi connectivity index (χ0v) is 11.9. The van der Waals surface area contributed by atoms with Gasteiger partial charge in [-0.3, -0.25) is 0 Å². The third-order valence-electron chi connectivity index (χ3n) is 3.44. The molecule has 2 heteroatoms. The predicted octanol–water partition coefficient (Wildman–Crippen LogP) is 5.19. The molecule has 0 aromatic heterocycles. The third kappa shape index (κ3) is 2.78. The Labute approximate surface area is 124 Å². The first kappa shape index (κ1) is 13.0. The molecule has 0 bridgehead atoms. The van der Waals surface area contributed by atoms with Crippen LogP contribution in [0, 0.1) is 0 Å². The van der Waals surface area contributed by atoms with E-state index in [0.717, 1.165) is 17.8 Å².